The van der Waals surface area contributed by atoms with Crippen molar-refractivity contribution in [3.63, 3.8) is 0 Å². The molecule has 0 aromatic heterocycles. The Kier molecular flexibility index (Phi) is 17.5. The first kappa shape index (κ1) is 26.3. The molecule has 0 spiro atoms. The van der Waals surface area contributed by atoms with Crippen LogP contribution in [0.4, 0.5) is 4.79 Å². The molecular formula is C25H43NO2Te. The first-order chi connectivity index (χ1) is 14.3. The molecule has 0 saturated heterocycles. The van der Waals surface area contributed by atoms with Crippen LogP contribution in [0.15, 0.2) is 30.3 Å². The first-order valence-electron chi connectivity index (χ1n) is 11.9. The summed E-state index contributed by atoms with van der Waals surface area (Å²) in [4.78, 5) is 11.7. The van der Waals surface area contributed by atoms with Crippen molar-refractivity contribution in [2.24, 2.45) is 0 Å². The Labute approximate surface area is 189 Å². The number of carbonyl (C=O) groups is 1. The summed E-state index contributed by atoms with van der Waals surface area (Å²) < 4.78 is 7.11. The SMILES string of the molecule is CCCCCCCCCCCCCCC(CNC(=O)OCC)[Te]c1ccccc1. The standard InChI is InChI=1S/C25H43NO2Te/c1-3-5-6-7-8-9-10-11-12-13-14-16-21-24(22-26-25(27)28-4-2)29-23-19-17-15-18-20-23/h15,17-20,24H,3-14,16,21-22H2,1-2H3,(H,26,27). The van der Waals surface area contributed by atoms with Gasteiger partial charge in [0, 0.05) is 0 Å². The summed E-state index contributed by atoms with van der Waals surface area (Å²) in [6.07, 6.45) is 17.6. The monoisotopic (exact) mass is 519 g/mol. The van der Waals surface area contributed by atoms with E-state index in [-0.39, 0.29) is 27.0 Å². The predicted octanol–water partition coefficient (Wildman–Crippen LogP) is 6.64. The predicted molar refractivity (Wildman–Crippen MR) is 126 cm³/mol. The molecule has 0 saturated carbocycles. The van der Waals surface area contributed by atoms with Crippen molar-refractivity contribution in [3.8, 4) is 0 Å². The third-order valence-corrected chi connectivity index (χ3v) is 8.83. The number of ether oxygens (including phenoxy) is 1. The Balaban J connectivity index is 2.13. The summed E-state index contributed by atoms with van der Waals surface area (Å²) in [6, 6.07) is 10.8. The van der Waals surface area contributed by atoms with E-state index in [0.29, 0.717) is 10.6 Å². The summed E-state index contributed by atoms with van der Waals surface area (Å²) >= 11 is -0.295. The van der Waals surface area contributed by atoms with E-state index in [1.54, 1.807) is 0 Å². The van der Waals surface area contributed by atoms with Gasteiger partial charge in [-0.25, -0.2) is 0 Å². The molecule has 0 bridgehead atoms. The van der Waals surface area contributed by atoms with Gasteiger partial charge < -0.3 is 0 Å². The molecule has 3 nitrogen and oxygen atoms in total. The van der Waals surface area contributed by atoms with Crippen LogP contribution in [-0.4, -0.2) is 40.2 Å². The molecular weight excluding hydrogens is 474 g/mol. The normalized spacial score (nSPS) is 11.9. The van der Waals surface area contributed by atoms with Gasteiger partial charge >= 0.3 is 170 Å². The molecule has 0 aliphatic rings. The van der Waals surface area contributed by atoms with E-state index in [1.807, 2.05) is 6.92 Å². The Bertz CT molecular complexity index is 495. The summed E-state index contributed by atoms with van der Waals surface area (Å²) in [5.74, 6) is 0. The second kappa shape index (κ2) is 19.3. The van der Waals surface area contributed by atoms with Gasteiger partial charge in [-0.3, -0.25) is 0 Å². The van der Waals surface area contributed by atoms with Crippen LogP contribution >= 0.6 is 0 Å². The van der Waals surface area contributed by atoms with Crippen molar-refractivity contribution in [1.29, 1.82) is 0 Å². The van der Waals surface area contributed by atoms with Crippen LogP contribution in [0.2, 0.25) is 3.97 Å². The van der Waals surface area contributed by atoms with Gasteiger partial charge in [0.2, 0.25) is 0 Å². The number of nitrogens with one attached hydrogen (secondary N) is 1. The first-order valence-corrected chi connectivity index (χ1v) is 14.4. The number of amides is 1. The van der Waals surface area contributed by atoms with Crippen LogP contribution in [-0.2, 0) is 4.74 Å². The topological polar surface area (TPSA) is 38.3 Å². The van der Waals surface area contributed by atoms with E-state index in [0.717, 1.165) is 6.54 Å². The van der Waals surface area contributed by atoms with Gasteiger partial charge in [0.25, 0.3) is 0 Å². The molecule has 0 heterocycles. The van der Waals surface area contributed by atoms with E-state index in [1.165, 1.54) is 87.1 Å². The number of hydrogen-bond acceptors (Lipinski definition) is 2. The van der Waals surface area contributed by atoms with E-state index >= 15 is 0 Å². The average molecular weight is 517 g/mol. The van der Waals surface area contributed by atoms with Gasteiger partial charge in [-0.15, -0.1) is 0 Å². The quantitative estimate of drug-likeness (QED) is 0.175. The number of benzene rings is 1. The van der Waals surface area contributed by atoms with Gasteiger partial charge in [0.1, 0.15) is 0 Å². The number of carbonyl (C=O) groups excluding carboxylic acids is 1. The molecule has 1 aromatic carbocycles. The third-order valence-electron chi connectivity index (χ3n) is 5.18. The molecule has 1 atom stereocenters. The molecule has 0 aliphatic carbocycles. The van der Waals surface area contributed by atoms with Gasteiger partial charge in [0.05, 0.1) is 0 Å². The van der Waals surface area contributed by atoms with Gasteiger partial charge in [0.15, 0.2) is 0 Å². The van der Waals surface area contributed by atoms with E-state index in [9.17, 15) is 4.79 Å². The Hall–Kier alpha value is -0.720. The molecule has 1 aromatic rings. The zero-order valence-electron chi connectivity index (χ0n) is 18.8. The zero-order valence-corrected chi connectivity index (χ0v) is 21.1. The number of unbranched alkanes of at least 4 members (excludes halogenated alkanes) is 11. The van der Waals surface area contributed by atoms with Crippen LogP contribution in [0.5, 0.6) is 0 Å². The molecule has 166 valence electrons. The summed E-state index contributed by atoms with van der Waals surface area (Å²) in [6.45, 7) is 5.32. The second-order valence-corrected chi connectivity index (χ2v) is 11.8. The zero-order chi connectivity index (χ0) is 21.0. The van der Waals surface area contributed by atoms with Gasteiger partial charge in [-0.05, 0) is 0 Å². The van der Waals surface area contributed by atoms with Crippen LogP contribution < -0.4 is 8.93 Å². The maximum absolute atomic E-state index is 11.7. The molecule has 1 amide bonds. The van der Waals surface area contributed by atoms with Crippen LogP contribution in [0.3, 0.4) is 0 Å². The van der Waals surface area contributed by atoms with Crippen LogP contribution in [0, 0.1) is 0 Å². The van der Waals surface area contributed by atoms with Crippen LogP contribution in [0.1, 0.15) is 97.3 Å². The summed E-state index contributed by atoms with van der Waals surface area (Å²) in [5, 5.41) is 2.97. The van der Waals surface area contributed by atoms with Crippen molar-refractivity contribution >= 4 is 30.6 Å². The molecule has 1 rings (SSSR count). The third kappa shape index (κ3) is 15.7. The van der Waals surface area contributed by atoms with Gasteiger partial charge in [-0.2, -0.15) is 0 Å². The Morgan fingerprint density at radius 3 is 1.97 bits per heavy atom. The van der Waals surface area contributed by atoms with E-state index in [4.69, 9.17) is 4.74 Å². The van der Waals surface area contributed by atoms with Crippen molar-refractivity contribution in [3.05, 3.63) is 30.3 Å². The average Bonchev–Trinajstić information content (AvgIpc) is 2.73. The minimum absolute atomic E-state index is 0.271. The maximum atomic E-state index is 11.7. The summed E-state index contributed by atoms with van der Waals surface area (Å²) in [5.41, 5.74) is 0. The van der Waals surface area contributed by atoms with Crippen molar-refractivity contribution in [2.75, 3.05) is 13.2 Å². The van der Waals surface area contributed by atoms with Gasteiger partial charge in [-0.1, -0.05) is 19.8 Å². The molecule has 29 heavy (non-hydrogen) atoms. The number of alkyl carbamates (subject to hydrolysis) is 1. The van der Waals surface area contributed by atoms with Crippen LogP contribution in [0.25, 0.3) is 0 Å². The summed E-state index contributed by atoms with van der Waals surface area (Å²) in [7, 11) is 0. The molecule has 1 unspecified atom stereocenters. The second-order valence-electron chi connectivity index (χ2n) is 7.83. The number of hydrogen-bond donors (Lipinski definition) is 1. The minimum atomic E-state index is -0.295. The molecule has 1 N–H and O–H groups in total. The molecule has 0 aliphatic heterocycles. The van der Waals surface area contributed by atoms with Crippen molar-refractivity contribution < 1.29 is 9.53 Å². The fraction of sp³-hybridized carbons (Fsp3) is 0.720. The fourth-order valence-electron chi connectivity index (χ4n) is 3.49. The number of rotatable bonds is 18. The Morgan fingerprint density at radius 2 is 1.41 bits per heavy atom. The van der Waals surface area contributed by atoms with Crippen molar-refractivity contribution in [2.45, 2.75) is 101 Å². The molecule has 0 radical (unpaired) electrons. The van der Waals surface area contributed by atoms with E-state index < -0.39 is 0 Å². The molecule has 0 fully saturated rings. The Morgan fingerprint density at radius 1 is 0.862 bits per heavy atom. The molecule has 4 heteroatoms. The fourth-order valence-corrected chi connectivity index (χ4v) is 6.77. The van der Waals surface area contributed by atoms with E-state index in [2.05, 4.69) is 42.6 Å². The van der Waals surface area contributed by atoms with Crippen molar-refractivity contribution in [1.82, 2.24) is 5.32 Å².